The van der Waals surface area contributed by atoms with Gasteiger partial charge in [0.05, 0.1) is 25.4 Å². The van der Waals surface area contributed by atoms with Crippen molar-refractivity contribution in [1.29, 1.82) is 0 Å². The van der Waals surface area contributed by atoms with Crippen molar-refractivity contribution < 1.29 is 14.2 Å². The zero-order valence-electron chi connectivity index (χ0n) is 8.31. The first kappa shape index (κ1) is 9.00. The van der Waals surface area contributed by atoms with E-state index in [0.717, 1.165) is 18.0 Å². The van der Waals surface area contributed by atoms with Crippen LogP contribution in [-0.2, 0) is 9.47 Å². The standard InChI is InChI=1S/C11H13NO3/c1-2-4-9-8(3-1)12-7-10(15-9)11-13-5-6-14-11/h1-4,10-12H,5-7H2/t10-/m0/s1. The number of hydrogen-bond donors (Lipinski definition) is 1. The van der Waals surface area contributed by atoms with Gasteiger partial charge in [-0.15, -0.1) is 0 Å². The summed E-state index contributed by atoms with van der Waals surface area (Å²) in [7, 11) is 0. The molecule has 1 aromatic carbocycles. The average molecular weight is 207 g/mol. The number of fused-ring (bicyclic) bond motifs is 1. The van der Waals surface area contributed by atoms with Crippen molar-refractivity contribution in [2.75, 3.05) is 25.1 Å². The van der Waals surface area contributed by atoms with Crippen molar-refractivity contribution >= 4 is 5.69 Å². The molecule has 0 unspecified atom stereocenters. The molecule has 3 rings (SSSR count). The molecule has 80 valence electrons. The summed E-state index contributed by atoms with van der Waals surface area (Å²) in [6, 6.07) is 7.89. The Kier molecular flexibility index (Phi) is 2.23. The molecule has 4 nitrogen and oxygen atoms in total. The fourth-order valence-electron chi connectivity index (χ4n) is 1.87. The zero-order valence-corrected chi connectivity index (χ0v) is 8.31. The lowest BCUT2D eigenvalue weighted by Gasteiger charge is -2.29. The van der Waals surface area contributed by atoms with E-state index in [9.17, 15) is 0 Å². The van der Waals surface area contributed by atoms with Crippen LogP contribution < -0.4 is 10.1 Å². The molecule has 0 aliphatic carbocycles. The molecule has 0 saturated carbocycles. The minimum absolute atomic E-state index is 0.0533. The predicted octanol–water partition coefficient (Wildman–Crippen LogP) is 1.23. The quantitative estimate of drug-likeness (QED) is 0.752. The van der Waals surface area contributed by atoms with Gasteiger partial charge >= 0.3 is 0 Å². The Bertz CT molecular complexity index is 349. The summed E-state index contributed by atoms with van der Waals surface area (Å²) in [6.07, 6.45) is -0.284. The molecule has 4 heteroatoms. The largest absolute Gasteiger partial charge is 0.481 e. The Morgan fingerprint density at radius 3 is 2.80 bits per heavy atom. The Morgan fingerprint density at radius 1 is 1.13 bits per heavy atom. The van der Waals surface area contributed by atoms with E-state index in [4.69, 9.17) is 14.2 Å². The maximum absolute atomic E-state index is 5.80. The minimum Gasteiger partial charge on any atom is -0.481 e. The van der Waals surface area contributed by atoms with Gasteiger partial charge in [-0.3, -0.25) is 0 Å². The highest BCUT2D eigenvalue weighted by atomic mass is 16.7. The number of ether oxygens (including phenoxy) is 3. The van der Waals surface area contributed by atoms with Crippen molar-refractivity contribution in [3.8, 4) is 5.75 Å². The third-order valence-corrected chi connectivity index (χ3v) is 2.61. The summed E-state index contributed by atoms with van der Waals surface area (Å²) >= 11 is 0. The number of anilines is 1. The van der Waals surface area contributed by atoms with Crippen molar-refractivity contribution in [3.05, 3.63) is 24.3 Å². The second-order valence-corrected chi connectivity index (χ2v) is 3.64. The predicted molar refractivity (Wildman–Crippen MR) is 55.0 cm³/mol. The molecular formula is C11H13NO3. The Labute approximate surface area is 88.1 Å². The van der Waals surface area contributed by atoms with E-state index < -0.39 is 0 Å². The van der Waals surface area contributed by atoms with Crippen LogP contribution in [0.3, 0.4) is 0 Å². The monoisotopic (exact) mass is 207 g/mol. The molecule has 1 fully saturated rings. The Morgan fingerprint density at radius 2 is 1.93 bits per heavy atom. The molecule has 1 N–H and O–H groups in total. The Hall–Kier alpha value is -1.26. The highest BCUT2D eigenvalue weighted by Crippen LogP contribution is 2.30. The number of benzene rings is 1. The van der Waals surface area contributed by atoms with Gasteiger partial charge in [0.1, 0.15) is 5.75 Å². The summed E-state index contributed by atoms with van der Waals surface area (Å²) in [6.45, 7) is 2.04. The summed E-state index contributed by atoms with van der Waals surface area (Å²) in [5.74, 6) is 0.868. The van der Waals surface area contributed by atoms with Crippen molar-refractivity contribution in [2.24, 2.45) is 0 Å². The second kappa shape index (κ2) is 3.72. The molecule has 0 bridgehead atoms. The van der Waals surface area contributed by atoms with Crippen LogP contribution in [0.2, 0.25) is 0 Å². The van der Waals surface area contributed by atoms with E-state index in [1.165, 1.54) is 0 Å². The second-order valence-electron chi connectivity index (χ2n) is 3.64. The fourth-order valence-corrected chi connectivity index (χ4v) is 1.87. The molecule has 1 atom stereocenters. The average Bonchev–Trinajstić information content (AvgIpc) is 2.82. The topological polar surface area (TPSA) is 39.7 Å². The molecule has 1 aromatic rings. The van der Waals surface area contributed by atoms with Gasteiger partial charge in [-0.1, -0.05) is 12.1 Å². The minimum atomic E-state index is -0.231. The SMILES string of the molecule is c1ccc2c(c1)NC[C@@H](C1OCCO1)O2. The smallest absolute Gasteiger partial charge is 0.196 e. The molecule has 2 aliphatic rings. The summed E-state index contributed by atoms with van der Waals surface area (Å²) in [5, 5.41) is 3.30. The summed E-state index contributed by atoms with van der Waals surface area (Å²) < 4.78 is 16.6. The van der Waals surface area contributed by atoms with Crippen LogP contribution in [0, 0.1) is 0 Å². The van der Waals surface area contributed by atoms with E-state index in [-0.39, 0.29) is 12.4 Å². The number of hydrogen-bond acceptors (Lipinski definition) is 4. The molecule has 2 heterocycles. The van der Waals surface area contributed by atoms with Gasteiger partial charge in [-0.2, -0.15) is 0 Å². The van der Waals surface area contributed by atoms with Gasteiger partial charge in [0.25, 0.3) is 0 Å². The van der Waals surface area contributed by atoms with E-state index in [2.05, 4.69) is 5.32 Å². The zero-order chi connectivity index (χ0) is 10.1. The van der Waals surface area contributed by atoms with Crippen molar-refractivity contribution in [1.82, 2.24) is 0 Å². The first-order chi connectivity index (χ1) is 7.43. The fraction of sp³-hybridized carbons (Fsp3) is 0.455. The number of para-hydroxylation sites is 2. The van der Waals surface area contributed by atoms with Crippen molar-refractivity contribution in [3.63, 3.8) is 0 Å². The highest BCUT2D eigenvalue weighted by molar-refractivity contribution is 5.57. The van der Waals surface area contributed by atoms with Gasteiger partial charge < -0.3 is 19.5 Å². The molecule has 15 heavy (non-hydrogen) atoms. The van der Waals surface area contributed by atoms with Crippen molar-refractivity contribution in [2.45, 2.75) is 12.4 Å². The van der Waals surface area contributed by atoms with Crippen LogP contribution in [-0.4, -0.2) is 32.2 Å². The third kappa shape index (κ3) is 1.66. The Balaban J connectivity index is 1.76. The molecule has 0 amide bonds. The molecule has 2 aliphatic heterocycles. The molecule has 0 spiro atoms. The van der Waals surface area contributed by atoms with E-state index in [0.29, 0.717) is 13.2 Å². The maximum atomic E-state index is 5.80. The number of nitrogens with one attached hydrogen (secondary N) is 1. The summed E-state index contributed by atoms with van der Waals surface area (Å²) in [4.78, 5) is 0. The first-order valence-corrected chi connectivity index (χ1v) is 5.16. The molecule has 0 radical (unpaired) electrons. The normalized spacial score (nSPS) is 25.5. The molecule has 0 aromatic heterocycles. The van der Waals surface area contributed by atoms with Gasteiger partial charge in [-0.25, -0.2) is 0 Å². The van der Waals surface area contributed by atoms with Crippen LogP contribution in [0.15, 0.2) is 24.3 Å². The van der Waals surface area contributed by atoms with E-state index in [1.807, 2.05) is 24.3 Å². The van der Waals surface area contributed by atoms with Crippen LogP contribution in [0.5, 0.6) is 5.75 Å². The first-order valence-electron chi connectivity index (χ1n) is 5.16. The van der Waals surface area contributed by atoms with Crippen LogP contribution in [0.4, 0.5) is 5.69 Å². The highest BCUT2D eigenvalue weighted by Gasteiger charge is 2.31. The molecular weight excluding hydrogens is 194 g/mol. The van der Waals surface area contributed by atoms with Crippen LogP contribution in [0.25, 0.3) is 0 Å². The van der Waals surface area contributed by atoms with Gasteiger partial charge in [0.2, 0.25) is 0 Å². The lowest BCUT2D eigenvalue weighted by molar-refractivity contribution is -0.107. The van der Waals surface area contributed by atoms with Gasteiger partial charge in [0, 0.05) is 0 Å². The van der Waals surface area contributed by atoms with Gasteiger partial charge in [0.15, 0.2) is 12.4 Å². The summed E-state index contributed by atoms with van der Waals surface area (Å²) in [5.41, 5.74) is 1.03. The van der Waals surface area contributed by atoms with E-state index >= 15 is 0 Å². The maximum Gasteiger partial charge on any atom is 0.196 e. The van der Waals surface area contributed by atoms with Gasteiger partial charge in [-0.05, 0) is 12.1 Å². The van der Waals surface area contributed by atoms with Crippen LogP contribution in [0.1, 0.15) is 0 Å². The molecule has 1 saturated heterocycles. The van der Waals surface area contributed by atoms with E-state index in [1.54, 1.807) is 0 Å². The third-order valence-electron chi connectivity index (χ3n) is 2.61. The number of rotatable bonds is 1. The van der Waals surface area contributed by atoms with Crippen LogP contribution >= 0.6 is 0 Å². The lowest BCUT2D eigenvalue weighted by atomic mass is 10.2. The lowest BCUT2D eigenvalue weighted by Crippen LogP contribution is -2.41.